The largest absolute Gasteiger partial charge is 0.371 e. The molecule has 8 nitrogen and oxygen atoms in total. The number of carbonyl (C=O) groups excluding carboxylic acids is 2. The van der Waals surface area contributed by atoms with E-state index >= 15 is 0 Å². The number of hydrogen-bond donors (Lipinski definition) is 2. The lowest BCUT2D eigenvalue weighted by Crippen LogP contribution is -2.41. The van der Waals surface area contributed by atoms with Crippen LogP contribution < -0.4 is 5.32 Å². The van der Waals surface area contributed by atoms with Crippen molar-refractivity contribution in [1.82, 2.24) is 20.2 Å². The number of H-pyrrole nitrogens is 1. The van der Waals surface area contributed by atoms with E-state index in [1.165, 1.54) is 0 Å². The van der Waals surface area contributed by atoms with E-state index in [4.69, 9.17) is 9.47 Å². The molecule has 2 atom stereocenters. The van der Waals surface area contributed by atoms with Crippen molar-refractivity contribution in [1.29, 1.82) is 0 Å². The standard InChI is InChI=1S/C21H28N4O4S/c1-13-22-16-4-3-14(7-17(16)23-13)8-21(27)25-9-18-19(10-25)29-12-15(11-28-18)24-20(26)5-6-30-2/h3-4,7,15,18-19H,5-6,8-12H2,1-2H3,(H,22,23)(H,24,26)/t18-,19-/m0/s1. The zero-order chi connectivity index (χ0) is 21.1. The van der Waals surface area contributed by atoms with Crippen molar-refractivity contribution in [3.05, 3.63) is 29.6 Å². The van der Waals surface area contributed by atoms with Gasteiger partial charge in [-0.3, -0.25) is 9.59 Å². The van der Waals surface area contributed by atoms with Crippen LogP contribution in [0.5, 0.6) is 0 Å². The minimum atomic E-state index is -0.153. The summed E-state index contributed by atoms with van der Waals surface area (Å²) >= 11 is 1.65. The fourth-order valence-electron chi connectivity index (χ4n) is 3.95. The quantitative estimate of drug-likeness (QED) is 0.714. The molecule has 2 aromatic rings. The zero-order valence-electron chi connectivity index (χ0n) is 17.3. The molecule has 4 rings (SSSR count). The van der Waals surface area contributed by atoms with Crippen LogP contribution in [0.3, 0.4) is 0 Å². The molecule has 1 aromatic heterocycles. The van der Waals surface area contributed by atoms with Crippen LogP contribution in [0.4, 0.5) is 0 Å². The molecule has 0 unspecified atom stereocenters. The first-order chi connectivity index (χ1) is 14.5. The summed E-state index contributed by atoms with van der Waals surface area (Å²) in [7, 11) is 0. The fraction of sp³-hybridized carbons (Fsp3) is 0.571. The summed E-state index contributed by atoms with van der Waals surface area (Å²) in [6.45, 7) is 3.76. The van der Waals surface area contributed by atoms with E-state index in [1.807, 2.05) is 36.3 Å². The van der Waals surface area contributed by atoms with E-state index < -0.39 is 0 Å². The molecule has 2 aliphatic rings. The van der Waals surface area contributed by atoms with Crippen molar-refractivity contribution in [2.75, 3.05) is 38.3 Å². The van der Waals surface area contributed by atoms with Crippen molar-refractivity contribution >= 4 is 34.6 Å². The van der Waals surface area contributed by atoms with Crippen LogP contribution in [0.25, 0.3) is 11.0 Å². The van der Waals surface area contributed by atoms with E-state index in [-0.39, 0.29) is 30.1 Å². The first-order valence-electron chi connectivity index (χ1n) is 10.3. The number of aromatic amines is 1. The number of thioether (sulfide) groups is 1. The first-order valence-corrected chi connectivity index (χ1v) is 11.7. The maximum absolute atomic E-state index is 12.8. The molecule has 2 saturated heterocycles. The van der Waals surface area contributed by atoms with Crippen LogP contribution in [-0.4, -0.2) is 83.2 Å². The number of ether oxygens (including phenoxy) is 2. The van der Waals surface area contributed by atoms with Gasteiger partial charge in [0.25, 0.3) is 0 Å². The summed E-state index contributed by atoms with van der Waals surface area (Å²) < 4.78 is 12.0. The highest BCUT2D eigenvalue weighted by atomic mass is 32.2. The molecule has 9 heteroatoms. The molecule has 0 aliphatic carbocycles. The van der Waals surface area contributed by atoms with E-state index in [9.17, 15) is 9.59 Å². The summed E-state index contributed by atoms with van der Waals surface area (Å²) in [5, 5.41) is 2.98. The van der Waals surface area contributed by atoms with Crippen LogP contribution in [0, 0.1) is 6.92 Å². The van der Waals surface area contributed by atoms with Gasteiger partial charge < -0.3 is 24.7 Å². The van der Waals surface area contributed by atoms with Gasteiger partial charge in [0.15, 0.2) is 0 Å². The lowest BCUT2D eigenvalue weighted by Gasteiger charge is -2.19. The monoisotopic (exact) mass is 432 g/mol. The van der Waals surface area contributed by atoms with Gasteiger partial charge in [-0.2, -0.15) is 11.8 Å². The molecule has 0 spiro atoms. The highest BCUT2D eigenvalue weighted by molar-refractivity contribution is 7.98. The molecule has 0 saturated carbocycles. The van der Waals surface area contributed by atoms with Crippen LogP contribution in [-0.2, 0) is 25.5 Å². The number of likely N-dealkylation sites (tertiary alicyclic amines) is 1. The van der Waals surface area contributed by atoms with Gasteiger partial charge in [0.2, 0.25) is 11.8 Å². The van der Waals surface area contributed by atoms with Crippen LogP contribution in [0.2, 0.25) is 0 Å². The van der Waals surface area contributed by atoms with E-state index in [1.54, 1.807) is 11.8 Å². The summed E-state index contributed by atoms with van der Waals surface area (Å²) in [6, 6.07) is 5.73. The maximum atomic E-state index is 12.8. The third-order valence-corrected chi connectivity index (χ3v) is 6.12. The van der Waals surface area contributed by atoms with Gasteiger partial charge in [0, 0.05) is 25.3 Å². The molecule has 0 radical (unpaired) electrons. The van der Waals surface area contributed by atoms with Crippen LogP contribution in [0.1, 0.15) is 17.8 Å². The summed E-state index contributed by atoms with van der Waals surface area (Å²) in [5.41, 5.74) is 2.81. The van der Waals surface area contributed by atoms with Gasteiger partial charge in [-0.25, -0.2) is 4.98 Å². The molecule has 3 heterocycles. The molecule has 30 heavy (non-hydrogen) atoms. The number of carbonyl (C=O) groups is 2. The number of aryl methyl sites for hydroxylation is 1. The maximum Gasteiger partial charge on any atom is 0.227 e. The number of amides is 2. The third kappa shape index (κ3) is 4.96. The van der Waals surface area contributed by atoms with Crippen molar-refractivity contribution in [2.24, 2.45) is 0 Å². The van der Waals surface area contributed by atoms with Gasteiger partial charge >= 0.3 is 0 Å². The SMILES string of the molecule is CSCCC(=O)NC1CO[C@H]2CN(C(=O)Cc3ccc4nc(C)[nH]c4c3)C[C@@H]2OC1. The molecular formula is C21H28N4O4S. The Morgan fingerprint density at radius 1 is 1.27 bits per heavy atom. The smallest absolute Gasteiger partial charge is 0.227 e. The second-order valence-corrected chi connectivity index (χ2v) is 8.89. The number of nitrogens with zero attached hydrogens (tertiary/aromatic N) is 2. The van der Waals surface area contributed by atoms with E-state index in [2.05, 4.69) is 15.3 Å². The average molecular weight is 433 g/mol. The van der Waals surface area contributed by atoms with Gasteiger partial charge in [0.1, 0.15) is 18.0 Å². The fourth-order valence-corrected chi connectivity index (χ4v) is 4.34. The highest BCUT2D eigenvalue weighted by Gasteiger charge is 2.39. The topological polar surface area (TPSA) is 96.5 Å². The second-order valence-electron chi connectivity index (χ2n) is 7.90. The lowest BCUT2D eigenvalue weighted by atomic mass is 10.1. The Labute approximate surface area is 180 Å². The number of hydrogen-bond acceptors (Lipinski definition) is 6. The third-order valence-electron chi connectivity index (χ3n) is 5.51. The number of rotatable bonds is 6. The molecule has 2 amide bonds. The Morgan fingerprint density at radius 3 is 2.70 bits per heavy atom. The normalized spacial score (nSPS) is 22.1. The zero-order valence-corrected chi connectivity index (χ0v) is 18.2. The number of nitrogens with one attached hydrogen (secondary N) is 2. The minimum Gasteiger partial charge on any atom is -0.371 e. The summed E-state index contributed by atoms with van der Waals surface area (Å²) in [6.07, 6.45) is 2.51. The minimum absolute atomic E-state index is 0.0230. The van der Waals surface area contributed by atoms with Crippen molar-refractivity contribution in [3.63, 3.8) is 0 Å². The predicted molar refractivity (Wildman–Crippen MR) is 116 cm³/mol. The van der Waals surface area contributed by atoms with Crippen molar-refractivity contribution < 1.29 is 19.1 Å². The van der Waals surface area contributed by atoms with Crippen molar-refractivity contribution in [3.8, 4) is 0 Å². The van der Waals surface area contributed by atoms with Gasteiger partial charge in [-0.1, -0.05) is 6.07 Å². The number of aromatic nitrogens is 2. The Kier molecular flexibility index (Phi) is 6.60. The Bertz CT molecular complexity index is 902. The number of imidazole rings is 1. The number of fused-ring (bicyclic) bond motifs is 2. The molecule has 2 aliphatic heterocycles. The molecular weight excluding hydrogens is 404 g/mol. The Hall–Kier alpha value is -2.10. The van der Waals surface area contributed by atoms with Gasteiger partial charge in [0.05, 0.1) is 36.7 Å². The van der Waals surface area contributed by atoms with Crippen LogP contribution in [0.15, 0.2) is 18.2 Å². The lowest BCUT2D eigenvalue weighted by molar-refractivity contribution is -0.130. The highest BCUT2D eigenvalue weighted by Crippen LogP contribution is 2.22. The number of benzene rings is 1. The summed E-state index contributed by atoms with van der Waals surface area (Å²) in [4.78, 5) is 34.2. The molecule has 1 aromatic carbocycles. The molecule has 162 valence electrons. The first kappa shape index (κ1) is 21.1. The summed E-state index contributed by atoms with van der Waals surface area (Å²) in [5.74, 6) is 1.75. The van der Waals surface area contributed by atoms with Crippen molar-refractivity contribution in [2.45, 2.75) is 38.0 Å². The molecule has 2 fully saturated rings. The van der Waals surface area contributed by atoms with Gasteiger partial charge in [-0.05, 0) is 30.9 Å². The van der Waals surface area contributed by atoms with E-state index in [0.29, 0.717) is 39.1 Å². The average Bonchev–Trinajstić information content (AvgIpc) is 3.25. The Balaban J connectivity index is 1.29. The van der Waals surface area contributed by atoms with Gasteiger partial charge in [-0.15, -0.1) is 0 Å². The predicted octanol–water partition coefficient (Wildman–Crippen LogP) is 1.28. The van der Waals surface area contributed by atoms with E-state index in [0.717, 1.165) is 28.2 Å². The second kappa shape index (κ2) is 9.36. The molecule has 0 bridgehead atoms. The molecule has 2 N–H and O–H groups in total. The Morgan fingerprint density at radius 2 is 2.00 bits per heavy atom. The van der Waals surface area contributed by atoms with Crippen LogP contribution >= 0.6 is 11.8 Å².